The van der Waals surface area contributed by atoms with Gasteiger partial charge in [-0.25, -0.2) is 4.39 Å². The van der Waals surface area contributed by atoms with Crippen molar-refractivity contribution in [2.45, 2.75) is 51.4 Å². The monoisotopic (exact) mass is 464 g/mol. The second-order valence-corrected chi connectivity index (χ2v) is 11.5. The van der Waals surface area contributed by atoms with Crippen molar-refractivity contribution in [2.75, 3.05) is 0 Å². The molecule has 3 aromatic carbocycles. The van der Waals surface area contributed by atoms with Crippen LogP contribution in [0.3, 0.4) is 0 Å². The molecule has 0 bridgehead atoms. The van der Waals surface area contributed by atoms with Crippen molar-refractivity contribution in [3.63, 3.8) is 0 Å². The number of hydrogen-bond donors (Lipinski definition) is 1. The minimum Gasteiger partial charge on any atom is -0.598 e. The first-order valence-electron chi connectivity index (χ1n) is 11.3. The minimum atomic E-state index is -1.28. The summed E-state index contributed by atoms with van der Waals surface area (Å²) in [6.07, 6.45) is 0. The van der Waals surface area contributed by atoms with E-state index in [0.29, 0.717) is 0 Å². The highest BCUT2D eigenvalue weighted by Crippen LogP contribution is 2.30. The van der Waals surface area contributed by atoms with E-state index in [1.165, 1.54) is 12.1 Å². The van der Waals surface area contributed by atoms with Crippen LogP contribution in [0.5, 0.6) is 0 Å². The Labute approximate surface area is 200 Å². The van der Waals surface area contributed by atoms with Crippen molar-refractivity contribution in [3.05, 3.63) is 107 Å². The molecule has 3 atom stereocenters. The molecule has 0 spiro atoms. The Morgan fingerprint density at radius 3 is 1.76 bits per heavy atom. The van der Waals surface area contributed by atoms with Crippen molar-refractivity contribution < 1.29 is 8.94 Å². The summed E-state index contributed by atoms with van der Waals surface area (Å²) in [6.45, 7) is 10.0. The number of halogens is 1. The molecular formula is C28H33FN2OS. The normalized spacial score (nSPS) is 14.5. The smallest absolute Gasteiger partial charge is 0.136 e. The van der Waals surface area contributed by atoms with E-state index in [1.807, 2.05) is 81.4 Å². The number of aliphatic imine (C=N–C) groups is 1. The minimum absolute atomic E-state index is 0.128. The number of nitrogens with one attached hydrogen (secondary N) is 1. The van der Waals surface area contributed by atoms with Gasteiger partial charge in [-0.3, -0.25) is 4.99 Å². The average molecular weight is 465 g/mol. The second kappa shape index (κ2) is 11.1. The fourth-order valence-electron chi connectivity index (χ4n) is 3.53. The summed E-state index contributed by atoms with van der Waals surface area (Å²) in [6, 6.07) is 26.0. The summed E-state index contributed by atoms with van der Waals surface area (Å²) in [5.74, 6) is -0.164. The van der Waals surface area contributed by atoms with Gasteiger partial charge in [0.25, 0.3) is 0 Å². The molecule has 3 nitrogen and oxygen atoms in total. The van der Waals surface area contributed by atoms with Crippen LogP contribution >= 0.6 is 0 Å². The average Bonchev–Trinajstić information content (AvgIpc) is 2.79. The third-order valence-corrected chi connectivity index (χ3v) is 7.03. The van der Waals surface area contributed by atoms with Gasteiger partial charge in [-0.2, -0.15) is 0 Å². The summed E-state index contributed by atoms with van der Waals surface area (Å²) in [7, 11) is 0. The highest BCUT2D eigenvalue weighted by atomic mass is 32.2. The molecule has 0 heterocycles. The third-order valence-electron chi connectivity index (χ3n) is 5.43. The van der Waals surface area contributed by atoms with Gasteiger partial charge in [-0.15, -0.1) is 4.72 Å². The van der Waals surface area contributed by atoms with Crippen LogP contribution in [0.2, 0.25) is 0 Å². The maximum absolute atomic E-state index is 13.8. The van der Waals surface area contributed by atoms with E-state index in [1.54, 1.807) is 12.1 Å². The molecule has 0 aliphatic heterocycles. The van der Waals surface area contributed by atoms with Crippen molar-refractivity contribution in [1.82, 2.24) is 4.72 Å². The lowest BCUT2D eigenvalue weighted by Gasteiger charge is -2.33. The van der Waals surface area contributed by atoms with E-state index in [2.05, 4.69) is 18.6 Å². The Bertz CT molecular complexity index is 990. The molecule has 0 saturated carbocycles. The molecule has 0 amide bonds. The van der Waals surface area contributed by atoms with Crippen LogP contribution in [0.4, 0.5) is 4.39 Å². The fourth-order valence-corrected chi connectivity index (χ4v) is 4.54. The number of rotatable bonds is 8. The Balaban J connectivity index is 2.18. The zero-order chi connectivity index (χ0) is 24.0. The molecule has 1 N–H and O–H groups in total. The second-order valence-electron chi connectivity index (χ2n) is 9.47. The SMILES string of the molecule is CC(C)C(N[S@+]([O-])C(C)(C)C)C(N=C(c1ccccc1)c1ccccc1)c1ccc(F)cc1. The van der Waals surface area contributed by atoms with Gasteiger partial charge in [0.1, 0.15) is 10.6 Å². The maximum Gasteiger partial charge on any atom is 0.136 e. The maximum atomic E-state index is 13.8. The number of benzene rings is 3. The predicted molar refractivity (Wildman–Crippen MR) is 137 cm³/mol. The van der Waals surface area contributed by atoms with Crippen LogP contribution in [0.15, 0.2) is 89.9 Å². The van der Waals surface area contributed by atoms with Crippen LogP contribution in [0, 0.1) is 11.7 Å². The van der Waals surface area contributed by atoms with Crippen molar-refractivity contribution in [2.24, 2.45) is 10.9 Å². The van der Waals surface area contributed by atoms with Gasteiger partial charge in [0.05, 0.1) is 17.8 Å². The Morgan fingerprint density at radius 2 is 1.33 bits per heavy atom. The predicted octanol–water partition coefficient (Wildman–Crippen LogP) is 6.48. The Kier molecular flexibility index (Phi) is 8.46. The largest absolute Gasteiger partial charge is 0.598 e. The first kappa shape index (κ1) is 25.2. The first-order valence-corrected chi connectivity index (χ1v) is 12.4. The van der Waals surface area contributed by atoms with E-state index in [4.69, 9.17) is 4.99 Å². The van der Waals surface area contributed by atoms with Gasteiger partial charge in [0.15, 0.2) is 0 Å². The molecule has 0 aliphatic carbocycles. The number of nitrogens with zero attached hydrogens (tertiary/aromatic N) is 1. The topological polar surface area (TPSA) is 47.4 Å². The highest BCUT2D eigenvalue weighted by Gasteiger charge is 2.35. The lowest BCUT2D eigenvalue weighted by atomic mass is 9.91. The molecule has 0 aromatic heterocycles. The molecule has 3 rings (SSSR count). The lowest BCUT2D eigenvalue weighted by molar-refractivity contribution is 0.385. The quantitative estimate of drug-likeness (QED) is 0.306. The molecule has 5 heteroatoms. The standard InChI is InChI=1S/C28H33FN2OS/c1-20(2)25(31-33(32)28(3,4)5)27(23-16-18-24(29)19-17-23)30-26(21-12-8-6-9-13-21)22-14-10-7-11-15-22/h6-20,25,27,31H,1-5H3/t25?,27?,33-/m1/s1. The van der Waals surface area contributed by atoms with E-state index in [9.17, 15) is 8.94 Å². The fraction of sp³-hybridized carbons (Fsp3) is 0.321. The molecule has 174 valence electrons. The molecule has 33 heavy (non-hydrogen) atoms. The lowest BCUT2D eigenvalue weighted by Crippen LogP contribution is -2.49. The van der Waals surface area contributed by atoms with E-state index >= 15 is 0 Å². The van der Waals surface area contributed by atoms with E-state index < -0.39 is 16.1 Å². The molecule has 2 unspecified atom stereocenters. The molecule has 0 saturated heterocycles. The van der Waals surface area contributed by atoms with E-state index in [-0.39, 0.29) is 23.8 Å². The zero-order valence-corrected chi connectivity index (χ0v) is 20.8. The molecule has 0 aliphatic rings. The highest BCUT2D eigenvalue weighted by molar-refractivity contribution is 7.90. The van der Waals surface area contributed by atoms with Crippen molar-refractivity contribution in [1.29, 1.82) is 0 Å². The van der Waals surface area contributed by atoms with Gasteiger partial charge < -0.3 is 4.55 Å². The van der Waals surface area contributed by atoms with Crippen LogP contribution in [-0.4, -0.2) is 21.1 Å². The van der Waals surface area contributed by atoms with Gasteiger partial charge in [0.2, 0.25) is 0 Å². The first-order chi connectivity index (χ1) is 15.7. The molecule has 0 fully saturated rings. The Morgan fingerprint density at radius 1 is 0.848 bits per heavy atom. The molecule has 3 aromatic rings. The third kappa shape index (κ3) is 6.76. The van der Waals surface area contributed by atoms with Crippen molar-refractivity contribution in [3.8, 4) is 0 Å². The van der Waals surface area contributed by atoms with Crippen LogP contribution < -0.4 is 4.72 Å². The summed E-state index contributed by atoms with van der Waals surface area (Å²) >= 11 is -1.28. The Hall–Kier alpha value is -2.47. The van der Waals surface area contributed by atoms with Crippen LogP contribution in [0.25, 0.3) is 0 Å². The zero-order valence-electron chi connectivity index (χ0n) is 20.0. The van der Waals surface area contributed by atoms with Crippen LogP contribution in [-0.2, 0) is 11.4 Å². The van der Waals surface area contributed by atoms with Gasteiger partial charge in [-0.1, -0.05) is 86.6 Å². The summed E-state index contributed by atoms with van der Waals surface area (Å²) in [4.78, 5) is 5.27. The summed E-state index contributed by atoms with van der Waals surface area (Å²) in [5.41, 5.74) is 3.71. The van der Waals surface area contributed by atoms with E-state index in [0.717, 1.165) is 22.4 Å². The molecule has 0 radical (unpaired) electrons. The molecular weight excluding hydrogens is 431 g/mol. The van der Waals surface area contributed by atoms with Crippen molar-refractivity contribution >= 4 is 17.1 Å². The van der Waals surface area contributed by atoms with Gasteiger partial charge in [0, 0.05) is 22.5 Å². The summed E-state index contributed by atoms with van der Waals surface area (Å²) in [5, 5.41) is 0. The van der Waals surface area contributed by atoms with Gasteiger partial charge >= 0.3 is 0 Å². The van der Waals surface area contributed by atoms with Gasteiger partial charge in [-0.05, 0) is 44.4 Å². The number of hydrogen-bond acceptors (Lipinski definition) is 3. The van der Waals surface area contributed by atoms with Crippen LogP contribution in [0.1, 0.15) is 57.4 Å². The summed E-state index contributed by atoms with van der Waals surface area (Å²) < 4.78 is 29.8.